The van der Waals surface area contributed by atoms with Gasteiger partial charge in [-0.3, -0.25) is 19.5 Å². The van der Waals surface area contributed by atoms with Crippen LogP contribution in [0.1, 0.15) is 31.0 Å². The van der Waals surface area contributed by atoms with Crippen LogP contribution in [-0.4, -0.2) is 41.6 Å². The fourth-order valence-corrected chi connectivity index (χ4v) is 2.74. The topological polar surface area (TPSA) is 115 Å². The van der Waals surface area contributed by atoms with E-state index in [-0.39, 0.29) is 29.4 Å². The van der Waals surface area contributed by atoms with Gasteiger partial charge in [-0.1, -0.05) is 0 Å². The van der Waals surface area contributed by atoms with Gasteiger partial charge >= 0.3 is 5.97 Å². The van der Waals surface area contributed by atoms with Gasteiger partial charge in [0.05, 0.1) is 43.3 Å². The predicted molar refractivity (Wildman–Crippen MR) is 102 cm³/mol. The van der Waals surface area contributed by atoms with E-state index in [1.807, 2.05) is 0 Å². The molecule has 1 aliphatic rings. The number of hydrazone groups is 1. The molecule has 2 aromatic rings. The Morgan fingerprint density at radius 2 is 1.93 bits per heavy atom. The lowest BCUT2D eigenvalue weighted by Crippen LogP contribution is -2.24. The lowest BCUT2D eigenvalue weighted by molar-refractivity contribution is -0.139. The quantitative estimate of drug-likeness (QED) is 0.421. The average molecular weight is 386 g/mol. The maximum atomic E-state index is 13.0. The zero-order valence-corrected chi connectivity index (χ0v) is 15.9. The highest BCUT2D eigenvalue weighted by Crippen LogP contribution is 2.28. The second kappa shape index (κ2) is 8.12. The molecule has 1 aliphatic carbocycles. The van der Waals surface area contributed by atoms with Gasteiger partial charge in [0.25, 0.3) is 5.56 Å². The molecule has 1 fully saturated rings. The zero-order valence-electron chi connectivity index (χ0n) is 15.9. The number of rotatable bonds is 7. The predicted octanol–water partition coefficient (Wildman–Crippen LogP) is 1.14. The van der Waals surface area contributed by atoms with Crippen molar-refractivity contribution in [2.24, 2.45) is 11.0 Å². The van der Waals surface area contributed by atoms with Gasteiger partial charge in [0.15, 0.2) is 0 Å². The number of carbonyl (C=O) groups excluding carboxylic acids is 2. The number of hydrogen-bond acceptors (Lipinski definition) is 6. The first-order valence-corrected chi connectivity index (χ1v) is 8.84. The molecule has 148 valence electrons. The van der Waals surface area contributed by atoms with Crippen LogP contribution in [0.3, 0.4) is 0 Å². The molecule has 0 bridgehead atoms. The van der Waals surface area contributed by atoms with Crippen molar-refractivity contribution in [1.82, 2.24) is 15.2 Å². The van der Waals surface area contributed by atoms with E-state index in [0.717, 1.165) is 12.8 Å². The van der Waals surface area contributed by atoms with Gasteiger partial charge < -0.3 is 9.47 Å². The number of amides is 1. The Morgan fingerprint density at radius 1 is 1.25 bits per heavy atom. The SMILES string of the molecule is COC(=O)Cc1[nH]n(-c2ccc(OC)cc2)c(=O)c1/C(C)=N/NC(=O)C1CC1. The zero-order chi connectivity index (χ0) is 20.3. The minimum absolute atomic E-state index is 0.00623. The molecule has 0 aliphatic heterocycles. The van der Waals surface area contributed by atoms with Crippen molar-refractivity contribution in [2.75, 3.05) is 14.2 Å². The van der Waals surface area contributed by atoms with Gasteiger partial charge in [0, 0.05) is 5.92 Å². The molecule has 0 spiro atoms. The summed E-state index contributed by atoms with van der Waals surface area (Å²) in [5.74, 6) is -0.0220. The van der Waals surface area contributed by atoms with Crippen LogP contribution >= 0.6 is 0 Å². The Labute approximate surface area is 161 Å². The number of nitrogens with zero attached hydrogens (tertiary/aromatic N) is 2. The first-order valence-electron chi connectivity index (χ1n) is 8.84. The Kier molecular flexibility index (Phi) is 5.62. The second-order valence-corrected chi connectivity index (χ2v) is 6.50. The van der Waals surface area contributed by atoms with Gasteiger partial charge in [-0.05, 0) is 44.0 Å². The van der Waals surface area contributed by atoms with Gasteiger partial charge in [0.1, 0.15) is 5.75 Å². The number of benzene rings is 1. The number of aromatic amines is 1. The number of H-pyrrole nitrogens is 1. The summed E-state index contributed by atoms with van der Waals surface area (Å²) in [6.45, 7) is 1.61. The standard InChI is InChI=1S/C19H22N4O5/c1-11(20-21-18(25)12-4-5-12)17-15(10-16(24)28-3)22-23(19(17)26)13-6-8-14(27-2)9-7-13/h6-9,12,22H,4-5,10H2,1-3H3,(H,21,25)/b20-11+. The smallest absolute Gasteiger partial charge is 0.311 e. The van der Waals surface area contributed by atoms with Crippen LogP contribution in [0, 0.1) is 5.92 Å². The van der Waals surface area contributed by atoms with Crippen molar-refractivity contribution >= 4 is 17.6 Å². The summed E-state index contributed by atoms with van der Waals surface area (Å²) >= 11 is 0. The minimum atomic E-state index is -0.501. The molecular formula is C19H22N4O5. The first kappa shape index (κ1) is 19.4. The van der Waals surface area contributed by atoms with Crippen molar-refractivity contribution in [2.45, 2.75) is 26.2 Å². The third-order valence-corrected chi connectivity index (χ3v) is 4.49. The van der Waals surface area contributed by atoms with Gasteiger partial charge in [-0.25, -0.2) is 10.1 Å². The van der Waals surface area contributed by atoms with Crippen LogP contribution in [0.5, 0.6) is 5.75 Å². The van der Waals surface area contributed by atoms with Crippen LogP contribution in [0.15, 0.2) is 34.2 Å². The summed E-state index contributed by atoms with van der Waals surface area (Å²) in [6, 6.07) is 6.87. The highest BCUT2D eigenvalue weighted by Gasteiger charge is 2.29. The van der Waals surface area contributed by atoms with E-state index in [1.54, 1.807) is 38.3 Å². The maximum Gasteiger partial charge on any atom is 0.311 e. The number of carbonyl (C=O) groups is 2. The van der Waals surface area contributed by atoms with Crippen LogP contribution in [0.25, 0.3) is 5.69 Å². The Balaban J connectivity index is 1.98. The van der Waals surface area contributed by atoms with Crippen LogP contribution in [-0.2, 0) is 20.7 Å². The fraction of sp³-hybridized carbons (Fsp3) is 0.368. The molecule has 28 heavy (non-hydrogen) atoms. The molecule has 0 unspecified atom stereocenters. The van der Waals surface area contributed by atoms with Crippen molar-refractivity contribution in [1.29, 1.82) is 0 Å². The van der Waals surface area contributed by atoms with Gasteiger partial charge in [0.2, 0.25) is 5.91 Å². The third-order valence-electron chi connectivity index (χ3n) is 4.49. The van der Waals surface area contributed by atoms with Crippen molar-refractivity contribution in [3.8, 4) is 11.4 Å². The number of ether oxygens (including phenoxy) is 2. The molecule has 1 aromatic carbocycles. The molecule has 9 nitrogen and oxygen atoms in total. The molecule has 1 aromatic heterocycles. The fourth-order valence-electron chi connectivity index (χ4n) is 2.74. The van der Waals surface area contributed by atoms with Crippen molar-refractivity contribution in [3.05, 3.63) is 45.9 Å². The molecule has 0 radical (unpaired) electrons. The summed E-state index contributed by atoms with van der Waals surface area (Å²) in [5, 5.41) is 7.00. The Bertz CT molecular complexity index is 967. The van der Waals surface area contributed by atoms with Gasteiger partial charge in [-0.2, -0.15) is 5.10 Å². The first-order chi connectivity index (χ1) is 13.4. The summed E-state index contributed by atoms with van der Waals surface area (Å²) in [4.78, 5) is 36.6. The number of aromatic nitrogens is 2. The molecule has 2 N–H and O–H groups in total. The summed E-state index contributed by atoms with van der Waals surface area (Å²) < 4.78 is 11.2. The molecule has 0 atom stereocenters. The largest absolute Gasteiger partial charge is 0.497 e. The third kappa shape index (κ3) is 4.13. The second-order valence-electron chi connectivity index (χ2n) is 6.50. The molecule has 9 heteroatoms. The molecule has 1 amide bonds. The highest BCUT2D eigenvalue weighted by atomic mass is 16.5. The van der Waals surface area contributed by atoms with Crippen LogP contribution < -0.4 is 15.7 Å². The lowest BCUT2D eigenvalue weighted by Gasteiger charge is -2.03. The minimum Gasteiger partial charge on any atom is -0.497 e. The monoisotopic (exact) mass is 386 g/mol. The van der Waals surface area contributed by atoms with Gasteiger partial charge in [-0.15, -0.1) is 0 Å². The lowest BCUT2D eigenvalue weighted by atomic mass is 10.1. The van der Waals surface area contributed by atoms with Crippen LogP contribution in [0.2, 0.25) is 0 Å². The van der Waals surface area contributed by atoms with E-state index in [2.05, 4.69) is 15.6 Å². The summed E-state index contributed by atoms with van der Waals surface area (Å²) in [6.07, 6.45) is 1.57. The number of nitrogens with one attached hydrogen (secondary N) is 2. The molecule has 1 heterocycles. The van der Waals surface area contributed by atoms with E-state index in [0.29, 0.717) is 22.8 Å². The normalized spacial score (nSPS) is 13.9. The Morgan fingerprint density at radius 3 is 2.50 bits per heavy atom. The van der Waals surface area contributed by atoms with Crippen molar-refractivity contribution in [3.63, 3.8) is 0 Å². The van der Waals surface area contributed by atoms with E-state index >= 15 is 0 Å². The van der Waals surface area contributed by atoms with E-state index in [1.165, 1.54) is 11.8 Å². The molecule has 0 saturated heterocycles. The number of esters is 1. The summed E-state index contributed by atoms with van der Waals surface area (Å²) in [5.41, 5.74) is 3.55. The van der Waals surface area contributed by atoms with E-state index in [9.17, 15) is 14.4 Å². The molecule has 3 rings (SSSR count). The average Bonchev–Trinajstić information content (AvgIpc) is 3.50. The van der Waals surface area contributed by atoms with E-state index in [4.69, 9.17) is 9.47 Å². The highest BCUT2D eigenvalue weighted by molar-refractivity contribution is 6.00. The summed E-state index contributed by atoms with van der Waals surface area (Å²) in [7, 11) is 2.83. The molecular weight excluding hydrogens is 364 g/mol. The number of hydrogen-bond donors (Lipinski definition) is 2. The number of methoxy groups -OCH3 is 2. The van der Waals surface area contributed by atoms with E-state index < -0.39 is 5.97 Å². The Hall–Kier alpha value is -3.36. The van der Waals surface area contributed by atoms with Crippen molar-refractivity contribution < 1.29 is 19.1 Å². The molecule has 1 saturated carbocycles. The maximum absolute atomic E-state index is 13.0. The van der Waals surface area contributed by atoms with Crippen LogP contribution in [0.4, 0.5) is 0 Å².